The zero-order valence-electron chi connectivity index (χ0n) is 13.8. The second-order valence-electron chi connectivity index (χ2n) is 7.05. The van der Waals surface area contributed by atoms with Crippen molar-refractivity contribution in [3.05, 3.63) is 23.8 Å². The van der Waals surface area contributed by atoms with Gasteiger partial charge in [0.15, 0.2) is 5.78 Å². The van der Waals surface area contributed by atoms with Gasteiger partial charge >= 0.3 is 6.09 Å². The summed E-state index contributed by atoms with van der Waals surface area (Å²) < 4.78 is 10.5. The average Bonchev–Trinajstić information content (AvgIpc) is 3.15. The van der Waals surface area contributed by atoms with Crippen molar-refractivity contribution in [3.8, 4) is 0 Å². The molecule has 0 aromatic rings. The van der Waals surface area contributed by atoms with Gasteiger partial charge < -0.3 is 14.8 Å². The predicted octanol–water partition coefficient (Wildman–Crippen LogP) is 2.90. The smallest absolute Gasteiger partial charge is 0.408 e. The highest BCUT2D eigenvalue weighted by atomic mass is 16.6. The summed E-state index contributed by atoms with van der Waals surface area (Å²) in [5.74, 6) is -0.0989. The Morgan fingerprint density at radius 3 is 2.59 bits per heavy atom. The van der Waals surface area contributed by atoms with Gasteiger partial charge in [0.05, 0.1) is 12.6 Å². The van der Waals surface area contributed by atoms with E-state index in [1.54, 1.807) is 27.7 Å². The van der Waals surface area contributed by atoms with Crippen molar-refractivity contribution < 1.29 is 19.1 Å². The van der Waals surface area contributed by atoms with E-state index in [9.17, 15) is 9.59 Å². The van der Waals surface area contributed by atoms with Crippen molar-refractivity contribution in [3.63, 3.8) is 0 Å². The highest BCUT2D eigenvalue weighted by molar-refractivity contribution is 5.96. The lowest BCUT2D eigenvalue weighted by Crippen LogP contribution is -2.47. The summed E-state index contributed by atoms with van der Waals surface area (Å²) in [6, 6.07) is -0.628. The molecule has 0 aromatic carbocycles. The fraction of sp³-hybridized carbons (Fsp3) is 0.647. The molecule has 5 heteroatoms. The van der Waals surface area contributed by atoms with Crippen molar-refractivity contribution in [2.24, 2.45) is 0 Å². The first-order valence-electron chi connectivity index (χ1n) is 7.73. The molecule has 2 rings (SSSR count). The van der Waals surface area contributed by atoms with Crippen molar-refractivity contribution in [2.45, 2.75) is 64.2 Å². The molecule has 1 amide bonds. The largest absolute Gasteiger partial charge is 0.444 e. The van der Waals surface area contributed by atoms with Crippen molar-refractivity contribution >= 4 is 11.9 Å². The van der Waals surface area contributed by atoms with E-state index in [0.717, 1.165) is 18.4 Å². The molecule has 1 fully saturated rings. The van der Waals surface area contributed by atoms with Gasteiger partial charge in [-0.2, -0.15) is 0 Å². The normalized spacial score (nSPS) is 25.2. The first kappa shape index (κ1) is 16.7. The molecule has 5 nitrogen and oxygen atoms in total. The molecular formula is C17H25NO4. The van der Waals surface area contributed by atoms with E-state index in [-0.39, 0.29) is 5.78 Å². The number of allylic oxidation sites excluding steroid dienone is 3. The number of rotatable bonds is 5. The van der Waals surface area contributed by atoms with Crippen LogP contribution in [-0.4, -0.2) is 35.7 Å². The molecule has 0 bridgehead atoms. The highest BCUT2D eigenvalue weighted by Gasteiger charge is 2.50. The third-order valence-electron chi connectivity index (χ3n) is 3.62. The van der Waals surface area contributed by atoms with Gasteiger partial charge in [-0.1, -0.05) is 18.2 Å². The van der Waals surface area contributed by atoms with E-state index in [2.05, 4.69) is 17.5 Å². The van der Waals surface area contributed by atoms with Crippen LogP contribution in [0.15, 0.2) is 23.8 Å². The quantitative estimate of drug-likeness (QED) is 0.793. The van der Waals surface area contributed by atoms with Crippen LogP contribution in [-0.2, 0) is 14.3 Å². The number of alkyl carbamates (subject to hydrolysis) is 1. The number of carbonyl (C=O) groups is 2. The summed E-state index contributed by atoms with van der Waals surface area (Å²) in [4.78, 5) is 24.6. The van der Waals surface area contributed by atoms with Crippen LogP contribution in [0, 0.1) is 0 Å². The number of hydrogen-bond acceptors (Lipinski definition) is 4. The third-order valence-corrected chi connectivity index (χ3v) is 3.62. The molecule has 1 N–H and O–H groups in total. The van der Waals surface area contributed by atoms with Crippen LogP contribution in [0.2, 0.25) is 0 Å². The molecule has 0 saturated carbocycles. The monoisotopic (exact) mass is 307 g/mol. The van der Waals surface area contributed by atoms with Crippen LogP contribution in [0.5, 0.6) is 0 Å². The SMILES string of the molecule is CC(C)(C)OC(=O)NC(CC1=CCCC=C1)C(=O)C1(C)CO1. The Balaban J connectivity index is 2.04. The van der Waals surface area contributed by atoms with E-state index >= 15 is 0 Å². The van der Waals surface area contributed by atoms with E-state index in [1.165, 1.54) is 0 Å². The van der Waals surface area contributed by atoms with Crippen molar-refractivity contribution in [1.82, 2.24) is 5.32 Å². The summed E-state index contributed by atoms with van der Waals surface area (Å²) in [6.45, 7) is 7.54. The summed E-state index contributed by atoms with van der Waals surface area (Å²) in [5, 5.41) is 2.70. The number of nitrogens with one attached hydrogen (secondary N) is 1. The molecular weight excluding hydrogens is 282 g/mol. The molecule has 2 aliphatic rings. The maximum atomic E-state index is 12.6. The molecule has 1 aliphatic carbocycles. The number of carbonyl (C=O) groups excluding carboxylic acids is 2. The second-order valence-corrected chi connectivity index (χ2v) is 7.05. The highest BCUT2D eigenvalue weighted by Crippen LogP contribution is 2.30. The lowest BCUT2D eigenvalue weighted by atomic mass is 9.93. The Morgan fingerprint density at radius 2 is 2.09 bits per heavy atom. The molecule has 0 spiro atoms. The van der Waals surface area contributed by atoms with Crippen molar-refractivity contribution in [1.29, 1.82) is 0 Å². The van der Waals surface area contributed by atoms with Crippen LogP contribution >= 0.6 is 0 Å². The molecule has 0 radical (unpaired) electrons. The summed E-state index contributed by atoms with van der Waals surface area (Å²) in [5.41, 5.74) is -0.301. The standard InChI is InChI=1S/C17H25NO4/c1-16(2,3)22-15(20)18-13(14(19)17(4)11-21-17)10-12-8-6-5-7-9-12/h6,8-9,13H,5,7,10-11H2,1-4H3,(H,18,20). The van der Waals surface area contributed by atoms with E-state index in [1.807, 2.05) is 6.08 Å². The Hall–Kier alpha value is -1.62. The molecule has 2 atom stereocenters. The molecule has 1 aliphatic heterocycles. The molecule has 1 heterocycles. The predicted molar refractivity (Wildman–Crippen MR) is 83.6 cm³/mol. The van der Waals surface area contributed by atoms with Gasteiger partial charge in [-0.3, -0.25) is 4.79 Å². The first-order valence-corrected chi connectivity index (χ1v) is 7.73. The minimum Gasteiger partial charge on any atom is -0.444 e. The second kappa shape index (κ2) is 6.24. The Labute approximate surface area is 131 Å². The third kappa shape index (κ3) is 4.70. The molecule has 0 aromatic heterocycles. The molecule has 122 valence electrons. The van der Waals surface area contributed by atoms with E-state index in [4.69, 9.17) is 9.47 Å². The lowest BCUT2D eigenvalue weighted by Gasteiger charge is -2.24. The molecule has 22 heavy (non-hydrogen) atoms. The first-order chi connectivity index (χ1) is 10.2. The van der Waals surface area contributed by atoms with Crippen LogP contribution in [0.3, 0.4) is 0 Å². The summed E-state index contributed by atoms with van der Waals surface area (Å²) in [6.07, 6.45) is 8.07. The minimum atomic E-state index is -0.765. The van der Waals surface area contributed by atoms with Gasteiger partial charge in [-0.25, -0.2) is 4.79 Å². The van der Waals surface area contributed by atoms with Crippen LogP contribution < -0.4 is 5.32 Å². The fourth-order valence-electron chi connectivity index (χ4n) is 2.33. The Morgan fingerprint density at radius 1 is 1.41 bits per heavy atom. The minimum absolute atomic E-state index is 0.0989. The topological polar surface area (TPSA) is 67.9 Å². The van der Waals surface area contributed by atoms with Gasteiger partial charge in [-0.15, -0.1) is 0 Å². The van der Waals surface area contributed by atoms with Gasteiger partial charge in [0, 0.05) is 0 Å². The Bertz CT molecular complexity index is 509. The van der Waals surface area contributed by atoms with Gasteiger partial charge in [0.25, 0.3) is 0 Å². The number of hydrogen-bond donors (Lipinski definition) is 1. The van der Waals surface area contributed by atoms with Crippen LogP contribution in [0.4, 0.5) is 4.79 Å². The number of Topliss-reactive ketones (excluding diaryl/α,β-unsaturated/α-hetero) is 1. The zero-order chi connectivity index (χ0) is 16.4. The summed E-state index contributed by atoms with van der Waals surface area (Å²) >= 11 is 0. The number of ketones is 1. The number of amides is 1. The van der Waals surface area contributed by atoms with Gasteiger partial charge in [-0.05, 0) is 52.5 Å². The van der Waals surface area contributed by atoms with Gasteiger partial charge in [0.1, 0.15) is 11.2 Å². The van der Waals surface area contributed by atoms with Crippen molar-refractivity contribution in [2.75, 3.05) is 6.61 Å². The van der Waals surface area contributed by atoms with Crippen LogP contribution in [0.25, 0.3) is 0 Å². The number of ether oxygens (including phenoxy) is 2. The lowest BCUT2D eigenvalue weighted by molar-refractivity contribution is -0.125. The van der Waals surface area contributed by atoms with E-state index < -0.39 is 23.3 Å². The fourth-order valence-corrected chi connectivity index (χ4v) is 2.33. The van der Waals surface area contributed by atoms with E-state index in [0.29, 0.717) is 13.0 Å². The van der Waals surface area contributed by atoms with Gasteiger partial charge in [0.2, 0.25) is 0 Å². The van der Waals surface area contributed by atoms with Crippen LogP contribution in [0.1, 0.15) is 47.0 Å². The maximum Gasteiger partial charge on any atom is 0.408 e. The zero-order valence-corrected chi connectivity index (χ0v) is 13.8. The Kier molecular flexibility index (Phi) is 4.75. The molecule has 1 saturated heterocycles. The number of epoxide rings is 1. The maximum absolute atomic E-state index is 12.6. The molecule has 2 unspecified atom stereocenters. The average molecular weight is 307 g/mol. The summed E-state index contributed by atoms with van der Waals surface area (Å²) in [7, 11) is 0.